The first-order valence-electron chi connectivity index (χ1n) is 13.1. The van der Waals surface area contributed by atoms with Crippen LogP contribution in [0.15, 0.2) is 24.3 Å². The van der Waals surface area contributed by atoms with E-state index >= 15 is 0 Å². The van der Waals surface area contributed by atoms with Crippen LogP contribution in [0.1, 0.15) is 79.9 Å². The molecule has 1 amide bonds. The predicted molar refractivity (Wildman–Crippen MR) is 136 cm³/mol. The molecule has 0 spiro atoms. The summed E-state index contributed by atoms with van der Waals surface area (Å²) in [6, 6.07) is 8.80. The maximum absolute atomic E-state index is 13.2. The van der Waals surface area contributed by atoms with Crippen LogP contribution in [0.5, 0.6) is 0 Å². The van der Waals surface area contributed by atoms with Gasteiger partial charge in [0.2, 0.25) is 5.95 Å². The molecule has 35 heavy (non-hydrogen) atoms. The Bertz CT molecular complexity index is 1030. The molecule has 8 heteroatoms. The first kappa shape index (κ1) is 24.0. The molecule has 2 aliphatic heterocycles. The molecule has 3 heterocycles. The molecule has 1 aromatic heterocycles. The number of amides is 1. The lowest BCUT2D eigenvalue weighted by Crippen LogP contribution is -2.43. The fourth-order valence-electron chi connectivity index (χ4n) is 5.47. The molecule has 1 unspecified atom stereocenters. The van der Waals surface area contributed by atoms with Crippen LogP contribution in [0.25, 0.3) is 0 Å². The van der Waals surface area contributed by atoms with Gasteiger partial charge in [-0.1, -0.05) is 31.4 Å². The maximum atomic E-state index is 13.2. The topological polar surface area (TPSA) is 90.8 Å². The number of fused-ring (bicyclic) bond motifs is 1. The molecular formula is C27H37N5O3. The Labute approximate surface area is 207 Å². The fourth-order valence-corrected chi connectivity index (χ4v) is 5.47. The van der Waals surface area contributed by atoms with Gasteiger partial charge in [-0.2, -0.15) is 4.98 Å². The van der Waals surface area contributed by atoms with Crippen molar-refractivity contribution in [2.75, 3.05) is 36.5 Å². The number of aliphatic hydroxyl groups excluding tert-OH is 1. The summed E-state index contributed by atoms with van der Waals surface area (Å²) in [6.45, 7) is 6.42. The van der Waals surface area contributed by atoms with Gasteiger partial charge < -0.3 is 25.0 Å². The molecule has 188 valence electrons. The van der Waals surface area contributed by atoms with E-state index in [9.17, 15) is 9.90 Å². The molecule has 1 aliphatic carbocycles. The lowest BCUT2D eigenvalue weighted by molar-refractivity contribution is 0.0242. The summed E-state index contributed by atoms with van der Waals surface area (Å²) in [7, 11) is 0. The lowest BCUT2D eigenvalue weighted by atomic mass is 9.84. The Morgan fingerprint density at radius 2 is 1.91 bits per heavy atom. The number of carbonyl (C=O) groups excluding carboxylic acids is 1. The van der Waals surface area contributed by atoms with E-state index in [1.807, 2.05) is 18.7 Å². The Kier molecular flexibility index (Phi) is 7.20. The molecule has 5 rings (SSSR count). The summed E-state index contributed by atoms with van der Waals surface area (Å²) in [4.78, 5) is 26.7. The Balaban J connectivity index is 1.43. The van der Waals surface area contributed by atoms with Gasteiger partial charge in [-0.25, -0.2) is 4.98 Å². The standard InChI is InChI=1S/C27H37N5O3/c1-18(2)32-17-23-24(26(32)34)29-27(31-13-15-35-22(16-31)12-14-33)30-25(23)28-21-10-8-20(9-11-21)19-6-4-3-5-7-19/h8-11,18-19,22,33H,3-7,12-17H2,1-2H3,(H,28,29,30). The molecule has 0 bridgehead atoms. The number of aliphatic hydroxyl groups is 1. The van der Waals surface area contributed by atoms with Crippen LogP contribution in [-0.2, 0) is 11.3 Å². The molecule has 3 aliphatic rings. The van der Waals surface area contributed by atoms with E-state index in [-0.39, 0.29) is 24.7 Å². The fraction of sp³-hybridized carbons (Fsp3) is 0.593. The Morgan fingerprint density at radius 3 is 2.63 bits per heavy atom. The zero-order valence-electron chi connectivity index (χ0n) is 20.9. The molecule has 1 saturated carbocycles. The second kappa shape index (κ2) is 10.5. The van der Waals surface area contributed by atoms with E-state index in [2.05, 4.69) is 34.5 Å². The van der Waals surface area contributed by atoms with E-state index in [1.165, 1.54) is 37.7 Å². The van der Waals surface area contributed by atoms with E-state index in [1.54, 1.807) is 0 Å². The van der Waals surface area contributed by atoms with Crippen LogP contribution < -0.4 is 10.2 Å². The van der Waals surface area contributed by atoms with E-state index < -0.39 is 0 Å². The van der Waals surface area contributed by atoms with Gasteiger partial charge in [0.15, 0.2) is 0 Å². The van der Waals surface area contributed by atoms with E-state index in [4.69, 9.17) is 14.7 Å². The molecule has 1 saturated heterocycles. The van der Waals surface area contributed by atoms with Crippen molar-refractivity contribution in [3.05, 3.63) is 41.1 Å². The smallest absolute Gasteiger partial charge is 0.273 e. The molecule has 2 fully saturated rings. The monoisotopic (exact) mass is 479 g/mol. The molecule has 2 N–H and O–H groups in total. The van der Waals surface area contributed by atoms with Crippen molar-refractivity contribution in [2.45, 2.75) is 77.0 Å². The van der Waals surface area contributed by atoms with E-state index in [0.717, 1.165) is 11.3 Å². The van der Waals surface area contributed by atoms with Gasteiger partial charge in [-0.05, 0) is 56.7 Å². The highest BCUT2D eigenvalue weighted by Crippen LogP contribution is 2.35. The van der Waals surface area contributed by atoms with Gasteiger partial charge in [-0.15, -0.1) is 0 Å². The van der Waals surface area contributed by atoms with Gasteiger partial charge >= 0.3 is 0 Å². The average molecular weight is 480 g/mol. The Morgan fingerprint density at radius 1 is 1.14 bits per heavy atom. The van der Waals surface area contributed by atoms with Gasteiger partial charge in [0.25, 0.3) is 5.91 Å². The number of hydrogen-bond donors (Lipinski definition) is 2. The molecular weight excluding hydrogens is 442 g/mol. The number of nitrogens with zero attached hydrogens (tertiary/aromatic N) is 4. The minimum Gasteiger partial charge on any atom is -0.396 e. The third-order valence-corrected chi connectivity index (χ3v) is 7.53. The van der Waals surface area contributed by atoms with Gasteiger partial charge in [0.05, 0.1) is 19.3 Å². The number of carbonyl (C=O) groups is 1. The number of aromatic nitrogens is 2. The zero-order chi connectivity index (χ0) is 24.4. The van der Waals surface area contributed by atoms with Crippen molar-refractivity contribution in [3.8, 4) is 0 Å². The number of rotatable bonds is 7. The highest BCUT2D eigenvalue weighted by Gasteiger charge is 2.35. The quantitative estimate of drug-likeness (QED) is 0.614. The number of benzene rings is 1. The van der Waals surface area contributed by atoms with Crippen LogP contribution >= 0.6 is 0 Å². The van der Waals surface area contributed by atoms with Crippen molar-refractivity contribution in [1.82, 2.24) is 14.9 Å². The number of ether oxygens (including phenoxy) is 1. The summed E-state index contributed by atoms with van der Waals surface area (Å²) in [5, 5.41) is 12.8. The Hall–Kier alpha value is -2.71. The summed E-state index contributed by atoms with van der Waals surface area (Å²) >= 11 is 0. The van der Waals surface area contributed by atoms with Crippen LogP contribution in [0.3, 0.4) is 0 Å². The van der Waals surface area contributed by atoms with Crippen molar-refractivity contribution < 1.29 is 14.6 Å². The number of nitrogens with one attached hydrogen (secondary N) is 1. The van der Waals surface area contributed by atoms with Gasteiger partial charge in [-0.3, -0.25) is 4.79 Å². The van der Waals surface area contributed by atoms with Crippen molar-refractivity contribution >= 4 is 23.4 Å². The van der Waals surface area contributed by atoms with Crippen LogP contribution in [0.2, 0.25) is 0 Å². The second-order valence-electron chi connectivity index (χ2n) is 10.3. The maximum Gasteiger partial charge on any atom is 0.273 e. The SMILES string of the molecule is CC(C)N1Cc2c(Nc3ccc(C4CCCCC4)cc3)nc(N3CCOC(CCO)C3)nc2C1=O. The summed E-state index contributed by atoms with van der Waals surface area (Å²) in [5.74, 6) is 1.85. The number of hydrogen-bond acceptors (Lipinski definition) is 7. The normalized spacial score (nSPS) is 21.0. The zero-order valence-corrected chi connectivity index (χ0v) is 20.9. The van der Waals surface area contributed by atoms with Crippen LogP contribution in [-0.4, -0.2) is 64.3 Å². The summed E-state index contributed by atoms with van der Waals surface area (Å²) < 4.78 is 5.77. The molecule has 1 aromatic carbocycles. The third-order valence-electron chi connectivity index (χ3n) is 7.53. The summed E-state index contributed by atoms with van der Waals surface area (Å²) in [6.07, 6.45) is 7.05. The highest BCUT2D eigenvalue weighted by molar-refractivity contribution is 5.98. The van der Waals surface area contributed by atoms with Gasteiger partial charge in [0.1, 0.15) is 11.5 Å². The van der Waals surface area contributed by atoms with Crippen molar-refractivity contribution in [2.24, 2.45) is 0 Å². The highest BCUT2D eigenvalue weighted by atomic mass is 16.5. The minimum absolute atomic E-state index is 0.0467. The molecule has 0 radical (unpaired) electrons. The number of morpholine rings is 1. The molecule has 1 atom stereocenters. The molecule has 8 nitrogen and oxygen atoms in total. The third kappa shape index (κ3) is 5.14. The van der Waals surface area contributed by atoms with Crippen molar-refractivity contribution in [1.29, 1.82) is 0 Å². The minimum atomic E-state index is -0.0720. The number of anilines is 3. The van der Waals surface area contributed by atoms with Gasteiger partial charge in [0, 0.05) is 37.0 Å². The lowest BCUT2D eigenvalue weighted by Gasteiger charge is -2.33. The van der Waals surface area contributed by atoms with Crippen LogP contribution in [0, 0.1) is 0 Å². The first-order valence-corrected chi connectivity index (χ1v) is 13.1. The largest absolute Gasteiger partial charge is 0.396 e. The van der Waals surface area contributed by atoms with E-state index in [0.29, 0.717) is 56.0 Å². The average Bonchev–Trinajstić information content (AvgIpc) is 3.22. The van der Waals surface area contributed by atoms with Crippen molar-refractivity contribution in [3.63, 3.8) is 0 Å². The molecule has 2 aromatic rings. The summed E-state index contributed by atoms with van der Waals surface area (Å²) in [5.41, 5.74) is 3.71. The van der Waals surface area contributed by atoms with Crippen LogP contribution in [0.4, 0.5) is 17.5 Å². The second-order valence-corrected chi connectivity index (χ2v) is 10.3. The first-order chi connectivity index (χ1) is 17.0. The predicted octanol–water partition coefficient (Wildman–Crippen LogP) is 4.22.